The van der Waals surface area contributed by atoms with Gasteiger partial charge in [-0.05, 0) is 29.7 Å². The van der Waals surface area contributed by atoms with Crippen LogP contribution < -0.4 is 0 Å². The van der Waals surface area contributed by atoms with Gasteiger partial charge in [-0.3, -0.25) is 0 Å². The van der Waals surface area contributed by atoms with E-state index in [1.807, 2.05) is 72.9 Å². The first kappa shape index (κ1) is 19.7. The van der Waals surface area contributed by atoms with E-state index in [0.717, 1.165) is 22.4 Å². The van der Waals surface area contributed by atoms with E-state index in [1.54, 1.807) is 27.2 Å². The second-order valence-corrected chi connectivity index (χ2v) is 9.59. The predicted octanol–water partition coefficient (Wildman–Crippen LogP) is 4.25. The van der Waals surface area contributed by atoms with Crippen molar-refractivity contribution < 1.29 is 8.42 Å². The van der Waals surface area contributed by atoms with Crippen LogP contribution in [0.5, 0.6) is 0 Å². The number of hydrogen-bond donors (Lipinski definition) is 0. The van der Waals surface area contributed by atoms with Gasteiger partial charge in [0.2, 0.25) is 10.0 Å². The van der Waals surface area contributed by atoms with Gasteiger partial charge in [-0.15, -0.1) is 5.10 Å². The molecule has 1 aromatic heterocycles. The summed E-state index contributed by atoms with van der Waals surface area (Å²) < 4.78 is 29.9. The van der Waals surface area contributed by atoms with Gasteiger partial charge >= 0.3 is 0 Å². The van der Waals surface area contributed by atoms with Crippen LogP contribution in [0.15, 0.2) is 96.0 Å². The third kappa shape index (κ3) is 3.89. The summed E-state index contributed by atoms with van der Waals surface area (Å²) in [6.07, 6.45) is 2.60. The molecule has 0 saturated carbocycles. The highest BCUT2D eigenvalue weighted by Gasteiger charge is 2.34. The number of benzene rings is 3. The van der Waals surface area contributed by atoms with Crippen LogP contribution in [0, 0.1) is 0 Å². The minimum atomic E-state index is -3.58. The average Bonchev–Trinajstić information content (AvgIpc) is 3.51. The zero-order valence-corrected chi connectivity index (χ0v) is 17.7. The molecule has 1 saturated heterocycles. The van der Waals surface area contributed by atoms with Crippen molar-refractivity contribution in [2.75, 3.05) is 13.1 Å². The fourth-order valence-electron chi connectivity index (χ4n) is 3.96. The van der Waals surface area contributed by atoms with E-state index in [4.69, 9.17) is 0 Å². The molecule has 1 fully saturated rings. The summed E-state index contributed by atoms with van der Waals surface area (Å²) in [5, 5.41) is 8.53. The van der Waals surface area contributed by atoms with Crippen LogP contribution in [0.3, 0.4) is 0 Å². The molecule has 0 amide bonds. The van der Waals surface area contributed by atoms with Crippen molar-refractivity contribution in [3.63, 3.8) is 0 Å². The summed E-state index contributed by atoms with van der Waals surface area (Å²) in [7, 11) is -3.58. The first-order valence-corrected chi connectivity index (χ1v) is 11.7. The number of sulfonamides is 1. The van der Waals surface area contributed by atoms with Crippen molar-refractivity contribution in [2.45, 2.75) is 17.4 Å². The molecular formula is C24H22N4O2S. The standard InChI is InChI=1S/C24H22N4O2S/c29-31(30,23-13-7-12-21(16-23)19-8-3-1-4-9-19)27-15-14-22(17-27)28-18-24(25-26-28)20-10-5-2-6-11-20/h1-13,16,18,22H,14-15,17H2. The Morgan fingerprint density at radius 2 is 1.48 bits per heavy atom. The second kappa shape index (κ2) is 8.09. The highest BCUT2D eigenvalue weighted by atomic mass is 32.2. The summed E-state index contributed by atoms with van der Waals surface area (Å²) in [5.74, 6) is 0. The molecule has 0 aliphatic carbocycles. The fourth-order valence-corrected chi connectivity index (χ4v) is 5.50. The minimum absolute atomic E-state index is 0.0305. The molecule has 0 radical (unpaired) electrons. The predicted molar refractivity (Wildman–Crippen MR) is 120 cm³/mol. The van der Waals surface area contributed by atoms with E-state index in [9.17, 15) is 8.42 Å². The molecule has 1 aliphatic rings. The molecule has 0 spiro atoms. The van der Waals surface area contributed by atoms with Gasteiger partial charge in [-0.2, -0.15) is 4.31 Å². The van der Waals surface area contributed by atoms with E-state index < -0.39 is 10.0 Å². The van der Waals surface area contributed by atoms with Crippen molar-refractivity contribution in [1.82, 2.24) is 19.3 Å². The monoisotopic (exact) mass is 430 g/mol. The van der Waals surface area contributed by atoms with Gasteiger partial charge in [-0.1, -0.05) is 78.0 Å². The van der Waals surface area contributed by atoms with Crippen molar-refractivity contribution in [3.05, 3.63) is 91.1 Å². The Hall–Kier alpha value is -3.29. The largest absolute Gasteiger partial charge is 0.247 e. The number of rotatable bonds is 5. The van der Waals surface area contributed by atoms with Crippen molar-refractivity contribution in [3.8, 4) is 22.4 Å². The van der Waals surface area contributed by atoms with Crippen LogP contribution >= 0.6 is 0 Å². The molecule has 3 aromatic carbocycles. The Kier molecular flexibility index (Phi) is 5.13. The summed E-state index contributed by atoms with van der Waals surface area (Å²) in [4.78, 5) is 0.318. The van der Waals surface area contributed by atoms with Crippen molar-refractivity contribution in [1.29, 1.82) is 0 Å². The van der Waals surface area contributed by atoms with Gasteiger partial charge in [0, 0.05) is 18.7 Å². The van der Waals surface area contributed by atoms with E-state index in [2.05, 4.69) is 10.3 Å². The summed E-state index contributed by atoms with van der Waals surface area (Å²) in [6, 6.07) is 26.8. The fraction of sp³-hybridized carbons (Fsp3) is 0.167. The average molecular weight is 431 g/mol. The maximum Gasteiger partial charge on any atom is 0.243 e. The molecule has 7 heteroatoms. The summed E-state index contributed by atoms with van der Waals surface area (Å²) >= 11 is 0. The van der Waals surface area contributed by atoms with Gasteiger partial charge in [0.05, 0.1) is 17.1 Å². The Labute approximate surface area is 181 Å². The van der Waals surface area contributed by atoms with Gasteiger partial charge in [0.25, 0.3) is 0 Å². The van der Waals surface area contributed by atoms with E-state index in [-0.39, 0.29) is 6.04 Å². The topological polar surface area (TPSA) is 68.1 Å². The Bertz CT molecular complexity index is 1290. The van der Waals surface area contributed by atoms with Gasteiger partial charge in [0.15, 0.2) is 0 Å². The lowest BCUT2D eigenvalue weighted by Gasteiger charge is -2.17. The Morgan fingerprint density at radius 1 is 0.806 bits per heavy atom. The van der Waals surface area contributed by atoms with Crippen LogP contribution in [0.1, 0.15) is 12.5 Å². The zero-order valence-electron chi connectivity index (χ0n) is 16.9. The molecule has 1 unspecified atom stereocenters. The van der Waals surface area contributed by atoms with Crippen LogP contribution in [0.25, 0.3) is 22.4 Å². The zero-order chi connectivity index (χ0) is 21.3. The molecule has 0 bridgehead atoms. The van der Waals surface area contributed by atoms with Crippen LogP contribution in [0.2, 0.25) is 0 Å². The SMILES string of the molecule is O=S(=O)(c1cccc(-c2ccccc2)c1)N1CCC(n2cc(-c3ccccc3)nn2)C1. The normalized spacial score (nSPS) is 17.1. The van der Waals surface area contributed by atoms with E-state index >= 15 is 0 Å². The summed E-state index contributed by atoms with van der Waals surface area (Å²) in [5.41, 5.74) is 3.67. The molecule has 156 valence electrons. The molecule has 4 aromatic rings. The van der Waals surface area contributed by atoms with Gasteiger partial charge in [-0.25, -0.2) is 13.1 Å². The lowest BCUT2D eigenvalue weighted by Crippen LogP contribution is -2.29. The van der Waals surface area contributed by atoms with Gasteiger partial charge < -0.3 is 0 Å². The quantitative estimate of drug-likeness (QED) is 0.475. The van der Waals surface area contributed by atoms with E-state index in [1.165, 1.54) is 0 Å². The lowest BCUT2D eigenvalue weighted by molar-refractivity contribution is 0.428. The molecule has 1 atom stereocenters. The first-order chi connectivity index (χ1) is 15.1. The third-order valence-electron chi connectivity index (χ3n) is 5.66. The van der Waals surface area contributed by atoms with Crippen LogP contribution in [-0.2, 0) is 10.0 Å². The third-order valence-corrected chi connectivity index (χ3v) is 7.52. The summed E-state index contributed by atoms with van der Waals surface area (Å²) in [6.45, 7) is 0.846. The Morgan fingerprint density at radius 3 is 2.23 bits per heavy atom. The number of nitrogens with zero attached hydrogens (tertiary/aromatic N) is 4. The second-order valence-electron chi connectivity index (χ2n) is 7.65. The maximum atomic E-state index is 13.3. The first-order valence-electron chi connectivity index (χ1n) is 10.2. The highest BCUT2D eigenvalue weighted by Crippen LogP contribution is 2.30. The molecule has 6 nitrogen and oxygen atoms in total. The number of hydrogen-bond acceptors (Lipinski definition) is 4. The molecule has 0 N–H and O–H groups in total. The molecule has 1 aliphatic heterocycles. The molecular weight excluding hydrogens is 408 g/mol. The smallest absolute Gasteiger partial charge is 0.243 e. The molecule has 2 heterocycles. The van der Waals surface area contributed by atoms with Crippen molar-refractivity contribution >= 4 is 10.0 Å². The van der Waals surface area contributed by atoms with Crippen LogP contribution in [0.4, 0.5) is 0 Å². The molecule has 5 rings (SSSR count). The van der Waals surface area contributed by atoms with Gasteiger partial charge in [0.1, 0.15) is 5.69 Å². The Balaban J connectivity index is 1.36. The van der Waals surface area contributed by atoms with Crippen LogP contribution in [-0.4, -0.2) is 40.8 Å². The maximum absolute atomic E-state index is 13.3. The highest BCUT2D eigenvalue weighted by molar-refractivity contribution is 7.89. The minimum Gasteiger partial charge on any atom is -0.247 e. The number of aromatic nitrogens is 3. The van der Waals surface area contributed by atoms with Crippen molar-refractivity contribution in [2.24, 2.45) is 0 Å². The molecule has 31 heavy (non-hydrogen) atoms. The van der Waals surface area contributed by atoms with E-state index in [0.29, 0.717) is 24.4 Å². The lowest BCUT2D eigenvalue weighted by atomic mass is 10.1.